The van der Waals surface area contributed by atoms with Crippen molar-refractivity contribution in [1.82, 2.24) is 19.3 Å². The second kappa shape index (κ2) is 13.8. The molecular weight excluding hydrogens is 484 g/mol. The minimum Gasteiger partial charge on any atom is -0.395 e. The Balaban J connectivity index is 0.000000283. The number of likely N-dealkylation sites (N-methyl/N-ethyl adjacent to an activating group) is 1. The molecule has 2 amide bonds. The van der Waals surface area contributed by atoms with Crippen LogP contribution in [0.25, 0.3) is 10.2 Å². The van der Waals surface area contributed by atoms with E-state index < -0.39 is 23.7 Å². The van der Waals surface area contributed by atoms with Gasteiger partial charge in [0.1, 0.15) is 17.9 Å². The van der Waals surface area contributed by atoms with Gasteiger partial charge < -0.3 is 20.1 Å². The number of nitrogens with zero attached hydrogens (tertiary/aromatic N) is 3. The van der Waals surface area contributed by atoms with Crippen LogP contribution in [0.15, 0.2) is 41.9 Å². The molecule has 2 aromatic carbocycles. The molecule has 0 aliphatic rings. The van der Waals surface area contributed by atoms with Gasteiger partial charge in [-0.3, -0.25) is 4.72 Å². The first-order chi connectivity index (χ1) is 16.2. The molecule has 3 aromatic rings. The Morgan fingerprint density at radius 1 is 1.21 bits per heavy atom. The van der Waals surface area contributed by atoms with Gasteiger partial charge in [-0.15, -0.1) is 11.3 Å². The summed E-state index contributed by atoms with van der Waals surface area (Å²) in [5, 5.41) is 11.1. The van der Waals surface area contributed by atoms with Crippen molar-refractivity contribution in [1.29, 1.82) is 0 Å². The number of aliphatic hydroxyl groups excluding tert-OH is 1. The molecule has 8 nitrogen and oxygen atoms in total. The first kappa shape index (κ1) is 27.4. The number of fused-ring (bicyclic) bond motifs is 1. The SMILES string of the molecule is CN(C)c1ccc2scnc2c1.CN(CCO)SNC(=O)NC(C=O)Cc1cc(F)cc(F)c1. The normalized spacial score (nSPS) is 11.5. The molecule has 12 heteroatoms. The number of thiazole rings is 1. The molecule has 1 unspecified atom stereocenters. The van der Waals surface area contributed by atoms with Gasteiger partial charge in [-0.25, -0.2) is 22.9 Å². The smallest absolute Gasteiger partial charge is 0.326 e. The number of aromatic nitrogens is 1. The Bertz CT molecular complexity index is 1060. The zero-order chi connectivity index (χ0) is 25.1. The van der Waals surface area contributed by atoms with Crippen molar-refractivity contribution in [2.75, 3.05) is 39.2 Å². The van der Waals surface area contributed by atoms with E-state index in [2.05, 4.69) is 38.1 Å². The van der Waals surface area contributed by atoms with Gasteiger partial charge in [-0.05, 0) is 49.4 Å². The lowest BCUT2D eigenvalue weighted by Gasteiger charge is -2.16. The van der Waals surface area contributed by atoms with E-state index >= 15 is 0 Å². The molecule has 0 saturated carbocycles. The van der Waals surface area contributed by atoms with Crippen LogP contribution in [0.5, 0.6) is 0 Å². The van der Waals surface area contributed by atoms with Crippen LogP contribution in [0.1, 0.15) is 5.56 Å². The monoisotopic (exact) mass is 511 g/mol. The van der Waals surface area contributed by atoms with Crippen LogP contribution >= 0.6 is 23.5 Å². The second-order valence-electron chi connectivity index (χ2n) is 7.37. The standard InChI is InChI=1S/C13H17F2N3O3S.C9H10N2S/c1-18(2-3-19)22-17-13(21)16-12(8-20)6-9-4-10(14)7-11(15)5-9;1-11(2)7-3-4-9-8(5-7)10-6-12-9/h4-5,7-8,12,19H,2-3,6H2,1H3,(H2,16,17,21);3-6H,1-2H3. The maximum atomic E-state index is 13.1. The van der Waals surface area contributed by atoms with E-state index in [4.69, 9.17) is 5.11 Å². The molecule has 34 heavy (non-hydrogen) atoms. The summed E-state index contributed by atoms with van der Waals surface area (Å²) in [4.78, 5) is 28.9. The van der Waals surface area contributed by atoms with Gasteiger partial charge in [-0.2, -0.15) is 0 Å². The Hall–Kier alpha value is -2.80. The number of amides is 2. The second-order valence-corrected chi connectivity index (χ2v) is 9.26. The highest BCUT2D eigenvalue weighted by Crippen LogP contribution is 2.22. The Morgan fingerprint density at radius 3 is 2.53 bits per heavy atom. The third-order valence-corrected chi connectivity index (χ3v) is 5.98. The molecule has 0 fully saturated rings. The predicted octanol–water partition coefficient (Wildman–Crippen LogP) is 3.22. The lowest BCUT2D eigenvalue weighted by atomic mass is 10.1. The van der Waals surface area contributed by atoms with E-state index in [0.29, 0.717) is 12.8 Å². The maximum absolute atomic E-state index is 13.1. The van der Waals surface area contributed by atoms with Crippen molar-refractivity contribution < 1.29 is 23.5 Å². The molecule has 0 saturated heterocycles. The van der Waals surface area contributed by atoms with Crippen LogP contribution in [0, 0.1) is 11.6 Å². The summed E-state index contributed by atoms with van der Waals surface area (Å²) in [6.07, 6.45) is 0.466. The van der Waals surface area contributed by atoms with E-state index in [9.17, 15) is 18.4 Å². The summed E-state index contributed by atoms with van der Waals surface area (Å²) in [7, 11) is 5.73. The molecule has 184 valence electrons. The molecular formula is C22H27F2N5O3S2. The van der Waals surface area contributed by atoms with Crippen LogP contribution in [0.2, 0.25) is 0 Å². The van der Waals surface area contributed by atoms with Crippen LogP contribution in [-0.2, 0) is 11.2 Å². The number of hydrogen-bond acceptors (Lipinski definition) is 8. The maximum Gasteiger partial charge on any atom is 0.326 e. The number of benzene rings is 2. The number of rotatable bonds is 9. The van der Waals surface area contributed by atoms with Gasteiger partial charge in [0.2, 0.25) is 0 Å². The summed E-state index contributed by atoms with van der Waals surface area (Å²) in [6, 6.07) is 7.72. The molecule has 0 spiro atoms. The summed E-state index contributed by atoms with van der Waals surface area (Å²) in [6.45, 7) is 0.291. The highest BCUT2D eigenvalue weighted by molar-refractivity contribution is 7.95. The van der Waals surface area contributed by atoms with Gasteiger partial charge in [0.25, 0.3) is 0 Å². The largest absolute Gasteiger partial charge is 0.395 e. The van der Waals surface area contributed by atoms with Crippen LogP contribution in [0.3, 0.4) is 0 Å². The highest BCUT2D eigenvalue weighted by atomic mass is 32.2. The van der Waals surface area contributed by atoms with E-state index in [-0.39, 0.29) is 18.6 Å². The lowest BCUT2D eigenvalue weighted by Crippen LogP contribution is -2.42. The number of carbonyl (C=O) groups excluding carboxylic acids is 2. The fraction of sp³-hybridized carbons (Fsp3) is 0.318. The quantitative estimate of drug-likeness (QED) is 0.300. The van der Waals surface area contributed by atoms with Gasteiger partial charge in [0.05, 0.1) is 28.4 Å². The number of aliphatic hydroxyl groups is 1. The molecule has 3 N–H and O–H groups in total. The average Bonchev–Trinajstić information content (AvgIpc) is 3.25. The van der Waals surface area contributed by atoms with Crippen molar-refractivity contribution >= 4 is 51.7 Å². The van der Waals surface area contributed by atoms with E-state index in [1.165, 1.54) is 10.4 Å². The number of halogens is 2. The summed E-state index contributed by atoms with van der Waals surface area (Å²) in [5.74, 6) is -1.49. The molecule has 1 heterocycles. The van der Waals surface area contributed by atoms with Crippen LogP contribution in [-0.4, -0.2) is 67.0 Å². The van der Waals surface area contributed by atoms with Gasteiger partial charge in [-0.1, -0.05) is 0 Å². The van der Waals surface area contributed by atoms with Gasteiger partial charge in [0, 0.05) is 44.5 Å². The third kappa shape index (κ3) is 9.21. The Morgan fingerprint density at radius 2 is 1.91 bits per heavy atom. The van der Waals surface area contributed by atoms with Crippen molar-refractivity contribution in [3.8, 4) is 0 Å². The van der Waals surface area contributed by atoms with Crippen molar-refractivity contribution in [2.24, 2.45) is 0 Å². The average molecular weight is 512 g/mol. The van der Waals surface area contributed by atoms with Crippen LogP contribution < -0.4 is 14.9 Å². The summed E-state index contributed by atoms with van der Waals surface area (Å²) >= 11 is 2.63. The topological polar surface area (TPSA) is 97.8 Å². The van der Waals surface area contributed by atoms with E-state index in [1.54, 1.807) is 22.7 Å². The first-order valence-corrected chi connectivity index (χ1v) is 11.8. The highest BCUT2D eigenvalue weighted by Gasteiger charge is 2.14. The minimum atomic E-state index is -0.912. The fourth-order valence-electron chi connectivity index (χ4n) is 2.74. The third-order valence-electron chi connectivity index (χ3n) is 4.40. The molecule has 0 aliphatic carbocycles. The van der Waals surface area contributed by atoms with E-state index in [1.807, 2.05) is 19.6 Å². The number of anilines is 1. The number of carbonyl (C=O) groups is 2. The number of aldehydes is 1. The molecule has 1 aromatic heterocycles. The van der Waals surface area contributed by atoms with Crippen molar-refractivity contribution in [3.63, 3.8) is 0 Å². The van der Waals surface area contributed by atoms with Gasteiger partial charge >= 0.3 is 6.03 Å². The summed E-state index contributed by atoms with van der Waals surface area (Å²) < 4.78 is 31.4. The predicted molar refractivity (Wildman–Crippen MR) is 133 cm³/mol. The minimum absolute atomic E-state index is 0.0251. The van der Waals surface area contributed by atoms with E-state index in [0.717, 1.165) is 35.8 Å². The molecule has 0 aliphatic heterocycles. The fourth-order valence-corrected chi connectivity index (χ4v) is 3.87. The molecule has 1 atom stereocenters. The number of hydrogen-bond donors (Lipinski definition) is 3. The van der Waals surface area contributed by atoms with Crippen molar-refractivity contribution in [2.45, 2.75) is 12.5 Å². The first-order valence-electron chi connectivity index (χ1n) is 10.2. The Kier molecular flexibility index (Phi) is 11.1. The molecule has 0 bridgehead atoms. The van der Waals surface area contributed by atoms with Crippen LogP contribution in [0.4, 0.5) is 19.3 Å². The molecule has 3 rings (SSSR count). The Labute approximate surface area is 205 Å². The zero-order valence-electron chi connectivity index (χ0n) is 19.0. The van der Waals surface area contributed by atoms with Crippen molar-refractivity contribution in [3.05, 3.63) is 59.1 Å². The number of nitrogens with one attached hydrogen (secondary N) is 2. The number of urea groups is 1. The molecule has 0 radical (unpaired) electrons. The lowest BCUT2D eigenvalue weighted by molar-refractivity contribution is -0.109. The summed E-state index contributed by atoms with van der Waals surface area (Å²) in [5.41, 5.74) is 4.43. The van der Waals surface area contributed by atoms with Gasteiger partial charge in [0.15, 0.2) is 0 Å². The zero-order valence-corrected chi connectivity index (χ0v) is 20.6.